The molecule has 1 aromatic rings. The summed E-state index contributed by atoms with van der Waals surface area (Å²) in [6.45, 7) is 2.83. The fraction of sp³-hybridized carbons (Fsp3) is 0.625. The fourth-order valence-corrected chi connectivity index (χ4v) is 3.83. The molecule has 4 nitrogen and oxygen atoms in total. The van der Waals surface area contributed by atoms with Gasteiger partial charge in [-0.3, -0.25) is 4.90 Å². The van der Waals surface area contributed by atoms with Crippen LogP contribution in [0.15, 0.2) is 24.3 Å². The summed E-state index contributed by atoms with van der Waals surface area (Å²) in [7, 11) is -1.44. The first-order valence-corrected chi connectivity index (χ1v) is 8.07. The van der Waals surface area contributed by atoms with Gasteiger partial charge in [0.2, 0.25) is 0 Å². The number of likely N-dealkylation sites (tertiary alicyclic amines) is 1. The van der Waals surface area contributed by atoms with Crippen LogP contribution in [0.3, 0.4) is 0 Å². The molecule has 1 aromatic carbocycles. The third-order valence-corrected chi connectivity index (χ3v) is 4.93. The lowest BCUT2D eigenvalue weighted by Crippen LogP contribution is -2.37. The molecule has 0 bridgehead atoms. The Morgan fingerprint density at radius 3 is 2.90 bits per heavy atom. The van der Waals surface area contributed by atoms with E-state index in [-0.39, 0.29) is 0 Å². The van der Waals surface area contributed by atoms with E-state index in [2.05, 4.69) is 4.90 Å². The number of rotatable bonds is 5. The summed E-state index contributed by atoms with van der Waals surface area (Å²) < 4.78 is 5.77. The van der Waals surface area contributed by atoms with E-state index in [1.165, 1.54) is 38.6 Å². The SMILES string of the molecule is OB(O)c1cccc(OCCN2CCC3CCCCC32)c1. The van der Waals surface area contributed by atoms with Gasteiger partial charge in [-0.05, 0) is 49.3 Å². The Labute approximate surface area is 126 Å². The highest BCUT2D eigenvalue weighted by molar-refractivity contribution is 6.58. The van der Waals surface area contributed by atoms with Gasteiger partial charge in [0.15, 0.2) is 0 Å². The summed E-state index contributed by atoms with van der Waals surface area (Å²) in [6.07, 6.45) is 6.86. The van der Waals surface area contributed by atoms with Crippen LogP contribution in [0.25, 0.3) is 0 Å². The van der Waals surface area contributed by atoms with E-state index in [0.717, 1.165) is 18.5 Å². The molecule has 1 aliphatic heterocycles. The Kier molecular flexibility index (Phi) is 4.83. The topological polar surface area (TPSA) is 52.9 Å². The zero-order valence-corrected chi connectivity index (χ0v) is 12.4. The largest absolute Gasteiger partial charge is 0.492 e. The first kappa shape index (κ1) is 14.9. The van der Waals surface area contributed by atoms with Crippen LogP contribution in [0.1, 0.15) is 32.1 Å². The van der Waals surface area contributed by atoms with Crippen molar-refractivity contribution >= 4 is 12.6 Å². The van der Waals surface area contributed by atoms with Crippen LogP contribution in [0.4, 0.5) is 0 Å². The number of hydrogen-bond donors (Lipinski definition) is 2. The van der Waals surface area contributed by atoms with Crippen molar-refractivity contribution < 1.29 is 14.8 Å². The molecule has 0 aromatic heterocycles. The fourth-order valence-electron chi connectivity index (χ4n) is 3.83. The molecule has 0 radical (unpaired) electrons. The molecule has 1 saturated heterocycles. The maximum atomic E-state index is 9.17. The average Bonchev–Trinajstić information content (AvgIpc) is 2.91. The van der Waals surface area contributed by atoms with E-state index < -0.39 is 7.12 Å². The van der Waals surface area contributed by atoms with Gasteiger partial charge in [-0.15, -0.1) is 0 Å². The van der Waals surface area contributed by atoms with Crippen molar-refractivity contribution in [2.24, 2.45) is 5.92 Å². The Morgan fingerprint density at radius 2 is 2.05 bits per heavy atom. The first-order chi connectivity index (χ1) is 10.2. The zero-order valence-electron chi connectivity index (χ0n) is 12.4. The summed E-state index contributed by atoms with van der Waals surface area (Å²) in [5.41, 5.74) is 0.473. The summed E-state index contributed by atoms with van der Waals surface area (Å²) in [5.74, 6) is 1.62. The molecular formula is C16H24BNO3. The Morgan fingerprint density at radius 1 is 1.19 bits per heavy atom. The van der Waals surface area contributed by atoms with Crippen molar-refractivity contribution in [3.8, 4) is 5.75 Å². The molecule has 5 heteroatoms. The van der Waals surface area contributed by atoms with Gasteiger partial charge in [-0.25, -0.2) is 0 Å². The van der Waals surface area contributed by atoms with Gasteiger partial charge in [-0.1, -0.05) is 25.0 Å². The molecule has 3 rings (SSSR count). The van der Waals surface area contributed by atoms with E-state index >= 15 is 0 Å². The number of benzene rings is 1. The maximum Gasteiger partial charge on any atom is 0.488 e. The predicted octanol–water partition coefficient (Wildman–Crippen LogP) is 1.01. The molecule has 2 atom stereocenters. The second-order valence-corrected chi connectivity index (χ2v) is 6.23. The predicted molar refractivity (Wildman–Crippen MR) is 83.7 cm³/mol. The minimum absolute atomic E-state index is 0.473. The highest BCUT2D eigenvalue weighted by Gasteiger charge is 2.35. The Hall–Kier alpha value is -1.04. The normalized spacial score (nSPS) is 25.6. The lowest BCUT2D eigenvalue weighted by molar-refractivity contribution is 0.154. The molecule has 2 aliphatic rings. The van der Waals surface area contributed by atoms with Crippen LogP contribution in [-0.2, 0) is 0 Å². The molecule has 2 unspecified atom stereocenters. The van der Waals surface area contributed by atoms with Crippen molar-refractivity contribution in [2.45, 2.75) is 38.1 Å². The molecule has 21 heavy (non-hydrogen) atoms. The van der Waals surface area contributed by atoms with Crippen LogP contribution in [0.2, 0.25) is 0 Å². The molecule has 114 valence electrons. The van der Waals surface area contributed by atoms with Gasteiger partial charge < -0.3 is 14.8 Å². The summed E-state index contributed by atoms with van der Waals surface area (Å²) in [4.78, 5) is 2.58. The van der Waals surface area contributed by atoms with E-state index in [0.29, 0.717) is 17.8 Å². The number of ether oxygens (including phenoxy) is 1. The smallest absolute Gasteiger partial charge is 0.488 e. The third kappa shape index (κ3) is 3.60. The Balaban J connectivity index is 1.49. The van der Waals surface area contributed by atoms with Gasteiger partial charge in [0, 0.05) is 12.6 Å². The van der Waals surface area contributed by atoms with E-state index in [1.807, 2.05) is 6.07 Å². The van der Waals surface area contributed by atoms with Gasteiger partial charge >= 0.3 is 7.12 Å². The van der Waals surface area contributed by atoms with Crippen LogP contribution in [0.5, 0.6) is 5.75 Å². The van der Waals surface area contributed by atoms with Gasteiger partial charge in [-0.2, -0.15) is 0 Å². The molecule has 2 fully saturated rings. The quantitative estimate of drug-likeness (QED) is 0.794. The molecule has 0 amide bonds. The number of nitrogens with zero attached hydrogens (tertiary/aromatic N) is 1. The monoisotopic (exact) mass is 289 g/mol. The van der Waals surface area contributed by atoms with Gasteiger partial charge in [0.05, 0.1) is 0 Å². The standard InChI is InChI=1S/C16H24BNO3/c19-17(20)14-5-3-6-15(12-14)21-11-10-18-9-8-13-4-1-2-7-16(13)18/h3,5-6,12-13,16,19-20H,1-2,4,7-11H2. The van der Waals surface area contributed by atoms with Crippen LogP contribution in [-0.4, -0.2) is 47.8 Å². The van der Waals surface area contributed by atoms with E-state index in [1.54, 1.807) is 18.2 Å². The van der Waals surface area contributed by atoms with Crippen molar-refractivity contribution in [2.75, 3.05) is 19.7 Å². The molecule has 0 spiro atoms. The lowest BCUT2D eigenvalue weighted by atomic mass is 9.80. The van der Waals surface area contributed by atoms with E-state index in [9.17, 15) is 0 Å². The third-order valence-electron chi connectivity index (χ3n) is 4.93. The minimum atomic E-state index is -1.44. The van der Waals surface area contributed by atoms with Gasteiger partial charge in [0.1, 0.15) is 12.4 Å². The van der Waals surface area contributed by atoms with Gasteiger partial charge in [0.25, 0.3) is 0 Å². The lowest BCUT2D eigenvalue weighted by Gasteiger charge is -2.31. The van der Waals surface area contributed by atoms with Crippen molar-refractivity contribution in [3.05, 3.63) is 24.3 Å². The highest BCUT2D eigenvalue weighted by Crippen LogP contribution is 2.35. The second-order valence-electron chi connectivity index (χ2n) is 6.23. The zero-order chi connectivity index (χ0) is 14.7. The highest BCUT2D eigenvalue weighted by atomic mass is 16.5. The second kappa shape index (κ2) is 6.82. The molecule has 1 heterocycles. The minimum Gasteiger partial charge on any atom is -0.492 e. The van der Waals surface area contributed by atoms with Crippen molar-refractivity contribution in [3.63, 3.8) is 0 Å². The van der Waals surface area contributed by atoms with Crippen LogP contribution >= 0.6 is 0 Å². The Bertz CT molecular complexity index is 469. The summed E-state index contributed by atoms with van der Waals surface area (Å²) in [5, 5.41) is 18.3. The first-order valence-electron chi connectivity index (χ1n) is 8.07. The molecule has 2 N–H and O–H groups in total. The van der Waals surface area contributed by atoms with Crippen LogP contribution < -0.4 is 10.2 Å². The van der Waals surface area contributed by atoms with Crippen molar-refractivity contribution in [1.82, 2.24) is 4.90 Å². The molecule has 1 saturated carbocycles. The number of hydrogen-bond acceptors (Lipinski definition) is 4. The number of fused-ring (bicyclic) bond motifs is 1. The molecular weight excluding hydrogens is 265 g/mol. The molecule has 1 aliphatic carbocycles. The van der Waals surface area contributed by atoms with Crippen LogP contribution in [0, 0.1) is 5.92 Å². The average molecular weight is 289 g/mol. The maximum absolute atomic E-state index is 9.17. The summed E-state index contributed by atoms with van der Waals surface area (Å²) in [6, 6.07) is 7.80. The van der Waals surface area contributed by atoms with Crippen molar-refractivity contribution in [1.29, 1.82) is 0 Å². The van der Waals surface area contributed by atoms with E-state index in [4.69, 9.17) is 14.8 Å². The summed E-state index contributed by atoms with van der Waals surface area (Å²) >= 11 is 0.